The summed E-state index contributed by atoms with van der Waals surface area (Å²) in [7, 11) is 0. The lowest BCUT2D eigenvalue weighted by atomic mass is 10.2. The number of aryl methyl sites for hydroxylation is 1. The second-order valence-electron chi connectivity index (χ2n) is 4.59. The molecule has 0 fully saturated rings. The first kappa shape index (κ1) is 14.0. The number of anilines is 2. The van der Waals surface area contributed by atoms with E-state index >= 15 is 0 Å². The lowest BCUT2D eigenvalue weighted by Crippen LogP contribution is -2.32. The third-order valence-corrected chi connectivity index (χ3v) is 2.90. The maximum atomic E-state index is 12.5. The summed E-state index contributed by atoms with van der Waals surface area (Å²) in [6.45, 7) is 4.49. The van der Waals surface area contributed by atoms with E-state index in [-0.39, 0.29) is 5.91 Å². The molecule has 5 heteroatoms. The monoisotopic (exact) mass is 270 g/mol. The lowest BCUT2D eigenvalue weighted by molar-refractivity contribution is 0.0981. The molecule has 1 aromatic carbocycles. The van der Waals surface area contributed by atoms with Gasteiger partial charge < -0.3 is 10.6 Å². The predicted octanol–water partition coefficient (Wildman–Crippen LogP) is 2.42. The third-order valence-electron chi connectivity index (χ3n) is 2.90. The fourth-order valence-electron chi connectivity index (χ4n) is 1.87. The minimum absolute atomic E-state index is 0.149. The van der Waals surface area contributed by atoms with Crippen LogP contribution in [0.25, 0.3) is 0 Å². The Morgan fingerprint density at radius 2 is 1.90 bits per heavy atom. The molecular formula is C15H18N4O. The molecule has 104 valence electrons. The number of hydrogen-bond acceptors (Lipinski definition) is 4. The first-order valence-electron chi connectivity index (χ1n) is 6.58. The van der Waals surface area contributed by atoms with Crippen molar-refractivity contribution < 1.29 is 4.79 Å². The van der Waals surface area contributed by atoms with Crippen LogP contribution in [-0.4, -0.2) is 22.4 Å². The van der Waals surface area contributed by atoms with Gasteiger partial charge >= 0.3 is 0 Å². The number of rotatable bonds is 4. The molecular weight excluding hydrogens is 252 g/mol. The Balaban J connectivity index is 2.30. The zero-order valence-electron chi connectivity index (χ0n) is 11.7. The van der Waals surface area contributed by atoms with Crippen molar-refractivity contribution in [3.63, 3.8) is 0 Å². The van der Waals surface area contributed by atoms with Crippen LogP contribution >= 0.6 is 0 Å². The molecule has 0 saturated carbocycles. The molecule has 1 heterocycles. The average Bonchev–Trinajstić information content (AvgIpc) is 2.46. The minimum Gasteiger partial charge on any atom is -0.399 e. The number of nitrogens with two attached hydrogens (primary N) is 1. The SMILES string of the molecule is CCCN(C(=O)c1cnc(C)cn1)c1ccc(N)cc1. The molecule has 0 unspecified atom stereocenters. The Kier molecular flexibility index (Phi) is 4.30. The number of nitrogens with zero attached hydrogens (tertiary/aromatic N) is 3. The van der Waals surface area contributed by atoms with Crippen LogP contribution < -0.4 is 10.6 Å². The Hall–Kier alpha value is -2.43. The Morgan fingerprint density at radius 1 is 1.20 bits per heavy atom. The molecule has 0 atom stereocenters. The molecule has 1 amide bonds. The summed E-state index contributed by atoms with van der Waals surface area (Å²) in [6, 6.07) is 7.24. The highest BCUT2D eigenvalue weighted by Crippen LogP contribution is 2.18. The summed E-state index contributed by atoms with van der Waals surface area (Å²) in [4.78, 5) is 22.5. The molecule has 5 nitrogen and oxygen atoms in total. The van der Waals surface area contributed by atoms with Gasteiger partial charge in [0.2, 0.25) is 0 Å². The molecule has 20 heavy (non-hydrogen) atoms. The summed E-state index contributed by atoms with van der Waals surface area (Å²) in [5.41, 5.74) is 8.30. The van der Waals surface area contributed by atoms with E-state index in [0.29, 0.717) is 17.9 Å². The smallest absolute Gasteiger partial charge is 0.278 e. The molecule has 2 rings (SSSR count). The standard InChI is InChI=1S/C15H18N4O/c1-3-8-19(13-6-4-12(16)5-7-13)15(20)14-10-17-11(2)9-18-14/h4-7,9-10H,3,8,16H2,1-2H3. The normalized spacial score (nSPS) is 10.3. The fraction of sp³-hybridized carbons (Fsp3) is 0.267. The van der Waals surface area contributed by atoms with Crippen molar-refractivity contribution in [1.29, 1.82) is 0 Å². The Bertz CT molecular complexity index is 578. The summed E-state index contributed by atoms with van der Waals surface area (Å²) in [5, 5.41) is 0. The predicted molar refractivity (Wildman–Crippen MR) is 79.6 cm³/mol. The maximum Gasteiger partial charge on any atom is 0.278 e. The van der Waals surface area contributed by atoms with Crippen molar-refractivity contribution >= 4 is 17.3 Å². The van der Waals surface area contributed by atoms with E-state index in [1.165, 1.54) is 6.20 Å². The summed E-state index contributed by atoms with van der Waals surface area (Å²) >= 11 is 0. The van der Waals surface area contributed by atoms with E-state index in [1.54, 1.807) is 23.2 Å². The Labute approximate surface area is 118 Å². The van der Waals surface area contributed by atoms with Crippen LogP contribution in [0.4, 0.5) is 11.4 Å². The van der Waals surface area contributed by atoms with Gasteiger partial charge in [0.05, 0.1) is 11.9 Å². The van der Waals surface area contributed by atoms with Crippen LogP contribution in [0.15, 0.2) is 36.7 Å². The van der Waals surface area contributed by atoms with E-state index in [9.17, 15) is 4.79 Å². The molecule has 0 aliphatic carbocycles. The summed E-state index contributed by atoms with van der Waals surface area (Å²) < 4.78 is 0. The molecule has 0 saturated heterocycles. The number of aromatic nitrogens is 2. The van der Waals surface area contributed by atoms with Crippen LogP contribution in [0.1, 0.15) is 29.5 Å². The number of benzene rings is 1. The fourth-order valence-corrected chi connectivity index (χ4v) is 1.87. The topological polar surface area (TPSA) is 72.1 Å². The van der Waals surface area contributed by atoms with Gasteiger partial charge in [0.15, 0.2) is 0 Å². The van der Waals surface area contributed by atoms with E-state index in [4.69, 9.17) is 5.73 Å². The van der Waals surface area contributed by atoms with E-state index < -0.39 is 0 Å². The molecule has 0 spiro atoms. The average molecular weight is 270 g/mol. The molecule has 0 radical (unpaired) electrons. The highest BCUT2D eigenvalue weighted by atomic mass is 16.2. The van der Waals surface area contributed by atoms with Crippen molar-refractivity contribution in [3.05, 3.63) is 48.0 Å². The number of amides is 1. The summed E-state index contributed by atoms with van der Waals surface area (Å²) in [5.74, 6) is -0.149. The van der Waals surface area contributed by atoms with Gasteiger partial charge in [-0.2, -0.15) is 0 Å². The third kappa shape index (κ3) is 3.12. The number of carbonyl (C=O) groups is 1. The first-order chi connectivity index (χ1) is 9.61. The molecule has 0 aliphatic rings. The second-order valence-corrected chi connectivity index (χ2v) is 4.59. The molecule has 1 aromatic heterocycles. The van der Waals surface area contributed by atoms with E-state index in [1.807, 2.05) is 26.0 Å². The van der Waals surface area contributed by atoms with Crippen LogP contribution in [0.3, 0.4) is 0 Å². The zero-order chi connectivity index (χ0) is 14.5. The molecule has 0 aliphatic heterocycles. The largest absolute Gasteiger partial charge is 0.399 e. The van der Waals surface area contributed by atoms with Gasteiger partial charge in [0, 0.05) is 24.1 Å². The van der Waals surface area contributed by atoms with Crippen LogP contribution in [0.5, 0.6) is 0 Å². The quantitative estimate of drug-likeness (QED) is 0.866. The lowest BCUT2D eigenvalue weighted by Gasteiger charge is -2.21. The molecule has 0 bridgehead atoms. The van der Waals surface area contributed by atoms with Crippen LogP contribution in [-0.2, 0) is 0 Å². The van der Waals surface area contributed by atoms with Crippen molar-refractivity contribution in [1.82, 2.24) is 9.97 Å². The van der Waals surface area contributed by atoms with Gasteiger partial charge in [-0.25, -0.2) is 4.98 Å². The van der Waals surface area contributed by atoms with Crippen molar-refractivity contribution in [2.24, 2.45) is 0 Å². The first-order valence-corrected chi connectivity index (χ1v) is 6.58. The van der Waals surface area contributed by atoms with Crippen molar-refractivity contribution in [3.8, 4) is 0 Å². The van der Waals surface area contributed by atoms with E-state index in [0.717, 1.165) is 17.8 Å². The van der Waals surface area contributed by atoms with Crippen LogP contribution in [0, 0.1) is 6.92 Å². The Morgan fingerprint density at radius 3 is 2.45 bits per heavy atom. The van der Waals surface area contributed by atoms with Gasteiger partial charge in [-0.1, -0.05) is 6.92 Å². The molecule has 2 aromatic rings. The maximum absolute atomic E-state index is 12.5. The van der Waals surface area contributed by atoms with Crippen LogP contribution in [0.2, 0.25) is 0 Å². The number of carbonyl (C=O) groups excluding carboxylic acids is 1. The number of hydrogen-bond donors (Lipinski definition) is 1. The summed E-state index contributed by atoms with van der Waals surface area (Å²) in [6.07, 6.45) is 3.97. The highest BCUT2D eigenvalue weighted by Gasteiger charge is 2.18. The number of nitrogen functional groups attached to an aromatic ring is 1. The van der Waals surface area contributed by atoms with Gasteiger partial charge in [-0.05, 0) is 37.6 Å². The van der Waals surface area contributed by atoms with Crippen molar-refractivity contribution in [2.75, 3.05) is 17.2 Å². The zero-order valence-corrected chi connectivity index (χ0v) is 11.7. The van der Waals surface area contributed by atoms with Gasteiger partial charge in [0.25, 0.3) is 5.91 Å². The van der Waals surface area contributed by atoms with Gasteiger partial charge in [-0.3, -0.25) is 9.78 Å². The van der Waals surface area contributed by atoms with Crippen molar-refractivity contribution in [2.45, 2.75) is 20.3 Å². The van der Waals surface area contributed by atoms with E-state index in [2.05, 4.69) is 9.97 Å². The minimum atomic E-state index is -0.149. The highest BCUT2D eigenvalue weighted by molar-refractivity contribution is 6.04. The van der Waals surface area contributed by atoms with Gasteiger partial charge in [-0.15, -0.1) is 0 Å². The molecule has 2 N–H and O–H groups in total. The second kappa shape index (κ2) is 6.14. The van der Waals surface area contributed by atoms with Gasteiger partial charge in [0.1, 0.15) is 5.69 Å².